The first-order valence-electron chi connectivity index (χ1n) is 8.45. The van der Waals surface area contributed by atoms with Crippen LogP contribution < -0.4 is 4.74 Å². The number of hydrogen-bond acceptors (Lipinski definition) is 6. The number of carbonyl (C=O) groups excluding carboxylic acids is 1. The zero-order chi connectivity index (χ0) is 17.6. The van der Waals surface area contributed by atoms with Crippen molar-refractivity contribution in [2.75, 3.05) is 39.6 Å². The van der Waals surface area contributed by atoms with Gasteiger partial charge in [0.05, 0.1) is 31.4 Å². The van der Waals surface area contributed by atoms with E-state index in [9.17, 15) is 4.79 Å². The van der Waals surface area contributed by atoms with E-state index in [-0.39, 0.29) is 5.91 Å². The Morgan fingerprint density at radius 2 is 2.00 bits per heavy atom. The molecule has 0 aliphatic carbocycles. The minimum atomic E-state index is -0.0206. The Morgan fingerprint density at radius 3 is 2.68 bits per heavy atom. The van der Waals surface area contributed by atoms with E-state index in [0.717, 1.165) is 30.8 Å². The number of rotatable bonds is 6. The molecule has 2 fully saturated rings. The molecular weight excluding hydrogens is 356 g/mol. The van der Waals surface area contributed by atoms with Gasteiger partial charge in [-0.3, -0.25) is 14.6 Å². The summed E-state index contributed by atoms with van der Waals surface area (Å²) in [6.07, 6.45) is 2.87. The summed E-state index contributed by atoms with van der Waals surface area (Å²) in [6.45, 7) is 6.39. The molecule has 2 saturated heterocycles. The molecule has 0 bridgehead atoms. The van der Waals surface area contributed by atoms with Gasteiger partial charge in [0, 0.05) is 13.1 Å². The molecule has 5 nitrogen and oxygen atoms in total. The molecule has 3 rings (SSSR count). The maximum Gasteiger partial charge on any atom is 0.267 e. The molecule has 0 unspecified atom stereocenters. The molecule has 0 aromatic heterocycles. The standard InChI is InChI=1S/C18H22N2O3S2/c1-2-9-23-15-5-3-14(4-6-15)12-16-17(21)20(18(24)25-16)13-19-7-10-22-11-8-19/h3-6,12H,2,7-11,13H2,1H3/b16-12+. The van der Waals surface area contributed by atoms with Crippen molar-refractivity contribution >= 4 is 40.3 Å². The third kappa shape index (κ3) is 4.82. The third-order valence-corrected chi connectivity index (χ3v) is 5.35. The molecule has 2 aliphatic heterocycles. The Balaban J connectivity index is 1.65. The van der Waals surface area contributed by atoms with Gasteiger partial charge in [0.2, 0.25) is 0 Å². The maximum atomic E-state index is 12.7. The average molecular weight is 379 g/mol. The number of benzene rings is 1. The van der Waals surface area contributed by atoms with Gasteiger partial charge < -0.3 is 9.47 Å². The Morgan fingerprint density at radius 1 is 1.28 bits per heavy atom. The zero-order valence-electron chi connectivity index (χ0n) is 14.3. The van der Waals surface area contributed by atoms with Crippen LogP contribution >= 0.6 is 24.0 Å². The quantitative estimate of drug-likeness (QED) is 0.560. The molecule has 1 aromatic rings. The molecule has 0 saturated carbocycles. The van der Waals surface area contributed by atoms with E-state index in [0.29, 0.717) is 35.7 Å². The van der Waals surface area contributed by atoms with Gasteiger partial charge in [-0.25, -0.2) is 0 Å². The second-order valence-electron chi connectivity index (χ2n) is 5.90. The highest BCUT2D eigenvalue weighted by atomic mass is 32.2. The van der Waals surface area contributed by atoms with Crippen molar-refractivity contribution in [1.82, 2.24) is 9.80 Å². The van der Waals surface area contributed by atoms with Crippen molar-refractivity contribution in [3.8, 4) is 5.75 Å². The first-order valence-corrected chi connectivity index (χ1v) is 9.68. The number of thiocarbonyl (C=S) groups is 1. The summed E-state index contributed by atoms with van der Waals surface area (Å²) in [5.74, 6) is 0.826. The van der Waals surface area contributed by atoms with E-state index in [1.54, 1.807) is 4.90 Å². The van der Waals surface area contributed by atoms with E-state index in [1.165, 1.54) is 11.8 Å². The van der Waals surface area contributed by atoms with Gasteiger partial charge in [-0.15, -0.1) is 0 Å². The van der Waals surface area contributed by atoms with Crippen LogP contribution in [0.15, 0.2) is 29.2 Å². The van der Waals surface area contributed by atoms with E-state index in [4.69, 9.17) is 21.7 Å². The highest BCUT2D eigenvalue weighted by Gasteiger charge is 2.33. The molecule has 0 N–H and O–H groups in total. The highest BCUT2D eigenvalue weighted by Crippen LogP contribution is 2.33. The molecule has 0 radical (unpaired) electrons. The van der Waals surface area contributed by atoms with Crippen LogP contribution in [0.2, 0.25) is 0 Å². The van der Waals surface area contributed by atoms with Gasteiger partial charge in [0.15, 0.2) is 0 Å². The Kier molecular flexibility index (Phi) is 6.47. The first kappa shape index (κ1) is 18.4. The van der Waals surface area contributed by atoms with Crippen LogP contribution in [0.5, 0.6) is 5.75 Å². The Hall–Kier alpha value is -1.41. The smallest absolute Gasteiger partial charge is 0.267 e. The fourth-order valence-electron chi connectivity index (χ4n) is 2.60. The van der Waals surface area contributed by atoms with Crippen molar-refractivity contribution in [1.29, 1.82) is 0 Å². The van der Waals surface area contributed by atoms with Crippen LogP contribution in [0.25, 0.3) is 6.08 Å². The van der Waals surface area contributed by atoms with Gasteiger partial charge in [-0.2, -0.15) is 0 Å². The number of thioether (sulfide) groups is 1. The highest BCUT2D eigenvalue weighted by molar-refractivity contribution is 8.26. The SMILES string of the molecule is CCCOc1ccc(/C=C2/SC(=S)N(CN3CCOCC3)C2=O)cc1. The Bertz CT molecular complexity index is 655. The lowest BCUT2D eigenvalue weighted by Gasteiger charge is -2.29. The van der Waals surface area contributed by atoms with Crippen molar-refractivity contribution in [2.45, 2.75) is 13.3 Å². The average Bonchev–Trinajstić information content (AvgIpc) is 2.89. The number of morpholine rings is 1. The summed E-state index contributed by atoms with van der Waals surface area (Å²) in [4.78, 5) is 17.2. The zero-order valence-corrected chi connectivity index (χ0v) is 15.9. The fraction of sp³-hybridized carbons (Fsp3) is 0.444. The van der Waals surface area contributed by atoms with Crippen LogP contribution in [0.1, 0.15) is 18.9 Å². The van der Waals surface area contributed by atoms with Crippen molar-refractivity contribution < 1.29 is 14.3 Å². The van der Waals surface area contributed by atoms with E-state index in [2.05, 4.69) is 11.8 Å². The number of nitrogens with zero attached hydrogens (tertiary/aromatic N) is 2. The van der Waals surface area contributed by atoms with Crippen LogP contribution in [0.3, 0.4) is 0 Å². The van der Waals surface area contributed by atoms with Gasteiger partial charge in [-0.05, 0) is 30.2 Å². The summed E-state index contributed by atoms with van der Waals surface area (Å²) in [5, 5.41) is 0. The van der Waals surface area contributed by atoms with Crippen LogP contribution in [0.4, 0.5) is 0 Å². The van der Waals surface area contributed by atoms with Gasteiger partial charge in [-0.1, -0.05) is 43.0 Å². The summed E-state index contributed by atoms with van der Waals surface area (Å²) >= 11 is 6.76. The summed E-state index contributed by atoms with van der Waals surface area (Å²) in [6, 6.07) is 7.77. The molecule has 2 aliphatic rings. The fourth-order valence-corrected chi connectivity index (χ4v) is 3.84. The number of hydrogen-bond donors (Lipinski definition) is 0. The Labute approximate surface area is 157 Å². The molecule has 1 aromatic carbocycles. The summed E-state index contributed by atoms with van der Waals surface area (Å²) < 4.78 is 11.5. The predicted octanol–water partition coefficient (Wildman–Crippen LogP) is 2.97. The van der Waals surface area contributed by atoms with Crippen LogP contribution in [-0.2, 0) is 9.53 Å². The number of amides is 1. The second kappa shape index (κ2) is 8.80. The summed E-state index contributed by atoms with van der Waals surface area (Å²) in [5.41, 5.74) is 0.968. The minimum absolute atomic E-state index is 0.0206. The lowest BCUT2D eigenvalue weighted by atomic mass is 10.2. The van der Waals surface area contributed by atoms with Crippen LogP contribution in [-0.4, -0.2) is 59.6 Å². The van der Waals surface area contributed by atoms with Crippen molar-refractivity contribution in [3.63, 3.8) is 0 Å². The molecule has 1 amide bonds. The van der Waals surface area contributed by atoms with Crippen LogP contribution in [0, 0.1) is 0 Å². The second-order valence-corrected chi connectivity index (χ2v) is 7.57. The van der Waals surface area contributed by atoms with Gasteiger partial charge in [0.25, 0.3) is 5.91 Å². The largest absolute Gasteiger partial charge is 0.494 e. The molecule has 7 heteroatoms. The number of carbonyl (C=O) groups is 1. The summed E-state index contributed by atoms with van der Waals surface area (Å²) in [7, 11) is 0. The first-order chi connectivity index (χ1) is 12.2. The molecule has 0 atom stereocenters. The topological polar surface area (TPSA) is 42.0 Å². The lowest BCUT2D eigenvalue weighted by molar-refractivity contribution is -0.124. The van der Waals surface area contributed by atoms with E-state index in [1.807, 2.05) is 30.3 Å². The maximum absolute atomic E-state index is 12.7. The van der Waals surface area contributed by atoms with E-state index >= 15 is 0 Å². The van der Waals surface area contributed by atoms with Gasteiger partial charge >= 0.3 is 0 Å². The predicted molar refractivity (Wildman–Crippen MR) is 104 cm³/mol. The molecule has 25 heavy (non-hydrogen) atoms. The van der Waals surface area contributed by atoms with Crippen molar-refractivity contribution in [2.24, 2.45) is 0 Å². The van der Waals surface area contributed by atoms with E-state index < -0.39 is 0 Å². The molecule has 2 heterocycles. The molecule has 0 spiro atoms. The van der Waals surface area contributed by atoms with Crippen molar-refractivity contribution in [3.05, 3.63) is 34.7 Å². The molecular formula is C18H22N2O3S2. The normalized spacial score (nSPS) is 20.5. The lowest BCUT2D eigenvalue weighted by Crippen LogP contribution is -2.45. The number of ether oxygens (including phenoxy) is 2. The molecule has 134 valence electrons. The monoisotopic (exact) mass is 378 g/mol. The van der Waals surface area contributed by atoms with Gasteiger partial charge in [0.1, 0.15) is 10.1 Å². The third-order valence-electron chi connectivity index (χ3n) is 3.97. The minimum Gasteiger partial charge on any atom is -0.494 e.